The molecular weight excluding hydrogens is 632 g/mol. The monoisotopic (exact) mass is 658 g/mol. The Balaban J connectivity index is 1.37. The smallest absolute Gasteiger partial charge is 0.330 e. The third-order valence-corrected chi connectivity index (χ3v) is 7.12. The average molecular weight is 659 g/mol. The molecule has 5 atom stereocenters. The van der Waals surface area contributed by atoms with Gasteiger partial charge in [-0.25, -0.2) is 4.79 Å². The third kappa shape index (κ3) is 6.18. The number of phenols is 7. The summed E-state index contributed by atoms with van der Waals surface area (Å²) in [6.45, 7) is -0.716. The minimum Gasteiger partial charge on any atom is -0.504 e. The summed E-state index contributed by atoms with van der Waals surface area (Å²) in [4.78, 5) is 25.1. The van der Waals surface area contributed by atoms with Crippen LogP contribution in [-0.4, -0.2) is 99.5 Å². The Hall–Kier alpha value is -5.88. The van der Waals surface area contributed by atoms with E-state index in [2.05, 4.69) is 0 Å². The molecule has 0 radical (unpaired) electrons. The Kier molecular flexibility index (Phi) is 8.64. The standard InChI is InChI=1S/C30H26O17/c31-12-3-2-11(7-13(12)32)29-27(42)25(40)20-16(45-29)8-17(22(37)24(20)39)46-30-28(43)26(41)23(38)18(47-30)9-44-19(35)4-1-10-5-14(33)21(36)15(34)6-10/h1-8,18,23,26,28,30-34,36-39,41-43H,9H2/t18-,23-,26+,28-,30-/m1/s1. The van der Waals surface area contributed by atoms with Gasteiger partial charge in [-0.15, -0.1) is 0 Å². The van der Waals surface area contributed by atoms with Crippen molar-refractivity contribution in [2.75, 3.05) is 6.61 Å². The second-order valence-corrected chi connectivity index (χ2v) is 10.3. The topological polar surface area (TPSA) is 298 Å². The first-order chi connectivity index (χ1) is 22.2. The molecule has 2 heterocycles. The van der Waals surface area contributed by atoms with Crippen LogP contribution in [0.5, 0.6) is 51.7 Å². The van der Waals surface area contributed by atoms with Gasteiger partial charge in [-0.05, 0) is 42.0 Å². The average Bonchev–Trinajstić information content (AvgIpc) is 3.03. The number of ether oxygens (including phenoxy) is 3. The fourth-order valence-corrected chi connectivity index (χ4v) is 4.62. The van der Waals surface area contributed by atoms with E-state index in [0.717, 1.165) is 42.5 Å². The number of hydrogen-bond acceptors (Lipinski definition) is 17. The van der Waals surface area contributed by atoms with Crippen LogP contribution < -0.4 is 10.2 Å². The maximum Gasteiger partial charge on any atom is 0.330 e. The molecule has 3 aromatic carbocycles. The van der Waals surface area contributed by atoms with Crippen molar-refractivity contribution in [2.24, 2.45) is 0 Å². The van der Waals surface area contributed by atoms with Crippen LogP contribution in [0.3, 0.4) is 0 Å². The molecule has 1 aliphatic heterocycles. The van der Waals surface area contributed by atoms with E-state index in [1.165, 1.54) is 6.07 Å². The molecule has 1 fully saturated rings. The van der Waals surface area contributed by atoms with Crippen molar-refractivity contribution >= 4 is 23.0 Å². The van der Waals surface area contributed by atoms with Crippen molar-refractivity contribution in [1.29, 1.82) is 0 Å². The number of carbonyl (C=O) groups is 1. The minimum absolute atomic E-state index is 0.0680. The van der Waals surface area contributed by atoms with Crippen LogP contribution in [0.2, 0.25) is 0 Å². The summed E-state index contributed by atoms with van der Waals surface area (Å²) in [5.74, 6) is -8.57. The van der Waals surface area contributed by atoms with Gasteiger partial charge >= 0.3 is 5.97 Å². The number of rotatable bonds is 7. The van der Waals surface area contributed by atoms with E-state index >= 15 is 0 Å². The van der Waals surface area contributed by atoms with E-state index in [4.69, 9.17) is 18.6 Å². The normalized spacial score (nSPS) is 21.2. The zero-order valence-electron chi connectivity index (χ0n) is 23.6. The van der Waals surface area contributed by atoms with Crippen LogP contribution in [0.4, 0.5) is 0 Å². The lowest BCUT2D eigenvalue weighted by atomic mass is 9.99. The molecule has 11 N–H and O–H groups in total. The Morgan fingerprint density at radius 3 is 2.11 bits per heavy atom. The highest BCUT2D eigenvalue weighted by Crippen LogP contribution is 2.44. The van der Waals surface area contributed by atoms with Crippen molar-refractivity contribution in [3.05, 3.63) is 58.3 Å². The molecule has 0 amide bonds. The molecule has 47 heavy (non-hydrogen) atoms. The Morgan fingerprint density at radius 1 is 0.766 bits per heavy atom. The molecule has 0 aliphatic carbocycles. The van der Waals surface area contributed by atoms with Crippen molar-refractivity contribution in [3.8, 4) is 63.1 Å². The number of aliphatic hydroxyl groups excluding tert-OH is 3. The zero-order valence-corrected chi connectivity index (χ0v) is 23.6. The summed E-state index contributed by atoms with van der Waals surface area (Å²) in [6, 6.07) is 6.18. The number of carbonyl (C=O) groups excluding carboxylic acids is 1. The largest absolute Gasteiger partial charge is 0.504 e. The van der Waals surface area contributed by atoms with Crippen molar-refractivity contribution in [2.45, 2.75) is 30.7 Å². The summed E-state index contributed by atoms with van der Waals surface area (Å²) in [5.41, 5.74) is -1.63. The van der Waals surface area contributed by atoms with Gasteiger partial charge in [-0.3, -0.25) is 4.79 Å². The van der Waals surface area contributed by atoms with Crippen molar-refractivity contribution < 1.29 is 79.6 Å². The molecule has 0 bridgehead atoms. The molecule has 5 rings (SSSR count). The van der Waals surface area contributed by atoms with Crippen LogP contribution in [0.25, 0.3) is 28.4 Å². The lowest BCUT2D eigenvalue weighted by Crippen LogP contribution is -2.60. The zero-order chi connectivity index (χ0) is 34.3. The van der Waals surface area contributed by atoms with Crippen LogP contribution >= 0.6 is 0 Å². The van der Waals surface area contributed by atoms with E-state index in [-0.39, 0.29) is 11.1 Å². The predicted molar refractivity (Wildman–Crippen MR) is 155 cm³/mol. The van der Waals surface area contributed by atoms with E-state index in [1.807, 2.05) is 0 Å². The number of esters is 1. The van der Waals surface area contributed by atoms with Gasteiger partial charge in [-0.2, -0.15) is 0 Å². The minimum atomic E-state index is -1.98. The number of hydrogen-bond donors (Lipinski definition) is 11. The molecule has 4 aromatic rings. The van der Waals surface area contributed by atoms with E-state index in [0.29, 0.717) is 0 Å². The summed E-state index contributed by atoms with van der Waals surface area (Å²) in [5, 5.41) is 110. The number of aromatic hydroxyl groups is 8. The van der Waals surface area contributed by atoms with Gasteiger partial charge in [0, 0.05) is 17.7 Å². The van der Waals surface area contributed by atoms with E-state index in [1.54, 1.807) is 0 Å². The van der Waals surface area contributed by atoms with Gasteiger partial charge in [0.05, 0.1) is 0 Å². The van der Waals surface area contributed by atoms with Gasteiger partial charge in [0.25, 0.3) is 0 Å². The van der Waals surface area contributed by atoms with Crippen LogP contribution in [0, 0.1) is 0 Å². The molecule has 17 nitrogen and oxygen atoms in total. The van der Waals surface area contributed by atoms with Crippen molar-refractivity contribution in [1.82, 2.24) is 0 Å². The fraction of sp³-hybridized carbons (Fsp3) is 0.200. The fourth-order valence-electron chi connectivity index (χ4n) is 4.62. The lowest BCUT2D eigenvalue weighted by Gasteiger charge is -2.39. The molecular formula is C30H26O17. The highest BCUT2D eigenvalue weighted by atomic mass is 16.7. The SMILES string of the molecule is O=C(C=Cc1cc(O)c(O)c(O)c1)OC[C@H]1O[C@@H](Oc2cc3oc(-c4ccc(O)c(O)c4)c(O)c(=O)c3c(O)c2O)[C@H](O)[C@@H](O)[C@@H]1O. The number of fused-ring (bicyclic) bond motifs is 1. The summed E-state index contributed by atoms with van der Waals surface area (Å²) < 4.78 is 21.5. The van der Waals surface area contributed by atoms with Crippen molar-refractivity contribution in [3.63, 3.8) is 0 Å². The second-order valence-electron chi connectivity index (χ2n) is 10.3. The van der Waals surface area contributed by atoms with Crippen LogP contribution in [0.1, 0.15) is 5.56 Å². The Bertz CT molecular complexity index is 1920. The van der Waals surface area contributed by atoms with E-state index < -0.39 is 117 Å². The molecule has 1 aromatic heterocycles. The Labute approximate surface area is 261 Å². The lowest BCUT2D eigenvalue weighted by molar-refractivity contribution is -0.278. The maximum absolute atomic E-state index is 12.9. The number of benzene rings is 3. The van der Waals surface area contributed by atoms with Crippen LogP contribution in [0.15, 0.2) is 51.7 Å². The first-order valence-corrected chi connectivity index (χ1v) is 13.4. The maximum atomic E-state index is 12.9. The quantitative estimate of drug-likeness (QED) is 0.0734. The second kappa shape index (κ2) is 12.5. The van der Waals surface area contributed by atoms with Gasteiger partial charge in [0.2, 0.25) is 23.2 Å². The third-order valence-electron chi connectivity index (χ3n) is 7.12. The molecule has 0 unspecified atom stereocenters. The number of phenolic OH excluding ortho intramolecular Hbond substituents is 7. The van der Waals surface area contributed by atoms with Gasteiger partial charge in [0.15, 0.2) is 46.0 Å². The number of aliphatic hydroxyl groups is 3. The molecule has 0 saturated carbocycles. The highest BCUT2D eigenvalue weighted by molar-refractivity contribution is 5.91. The molecule has 248 valence electrons. The summed E-state index contributed by atoms with van der Waals surface area (Å²) in [6.07, 6.45) is -7.19. The predicted octanol–water partition coefficient (Wildman–Crippen LogP) is 0.548. The Morgan fingerprint density at radius 2 is 1.45 bits per heavy atom. The molecule has 0 spiro atoms. The molecule has 17 heteroatoms. The van der Waals surface area contributed by atoms with E-state index in [9.17, 15) is 65.8 Å². The highest BCUT2D eigenvalue weighted by Gasteiger charge is 2.46. The summed E-state index contributed by atoms with van der Waals surface area (Å²) in [7, 11) is 0. The first-order valence-electron chi connectivity index (χ1n) is 13.4. The summed E-state index contributed by atoms with van der Waals surface area (Å²) >= 11 is 0. The first kappa shape index (κ1) is 32.5. The van der Waals surface area contributed by atoms with Gasteiger partial charge in [-0.1, -0.05) is 0 Å². The van der Waals surface area contributed by atoms with Crippen LogP contribution in [-0.2, 0) is 14.3 Å². The molecule has 1 saturated heterocycles. The van der Waals surface area contributed by atoms with Gasteiger partial charge < -0.3 is 74.8 Å². The van der Waals surface area contributed by atoms with Gasteiger partial charge in [0.1, 0.15) is 42.0 Å². The molecule has 1 aliphatic rings.